The van der Waals surface area contributed by atoms with Gasteiger partial charge in [-0.3, -0.25) is 4.79 Å². The molecular weight excluding hydrogens is 399 g/mol. The van der Waals surface area contributed by atoms with E-state index in [2.05, 4.69) is 24.5 Å². The Morgan fingerprint density at radius 1 is 0.900 bits per heavy atom. The molecule has 160 valence electrons. The zero-order chi connectivity index (χ0) is 21.1. The molecule has 0 saturated carbocycles. The maximum Gasteiger partial charge on any atom is 0.573 e. The van der Waals surface area contributed by atoms with Crippen LogP contribution in [0, 0.1) is 0 Å². The Kier molecular flexibility index (Phi) is 5.65. The molecule has 1 aromatic carbocycles. The van der Waals surface area contributed by atoms with Crippen molar-refractivity contribution in [3.05, 3.63) is 42.1 Å². The summed E-state index contributed by atoms with van der Waals surface area (Å²) in [5.41, 5.74) is 0.330. The molecule has 3 heterocycles. The van der Waals surface area contributed by atoms with E-state index in [1.165, 1.54) is 12.1 Å². The van der Waals surface area contributed by atoms with Gasteiger partial charge in [-0.25, -0.2) is 4.98 Å². The van der Waals surface area contributed by atoms with Crippen molar-refractivity contribution in [3.63, 3.8) is 0 Å². The molecule has 2 fully saturated rings. The number of aromatic nitrogens is 2. The lowest BCUT2D eigenvalue weighted by atomic mass is 10.1. The van der Waals surface area contributed by atoms with Crippen LogP contribution < -0.4 is 14.5 Å². The normalized spacial score (nSPS) is 17.4. The smallest absolute Gasteiger partial charge is 0.406 e. The fraction of sp³-hybridized carbons (Fsp3) is 0.450. The van der Waals surface area contributed by atoms with E-state index in [-0.39, 0.29) is 11.7 Å². The van der Waals surface area contributed by atoms with Crippen molar-refractivity contribution in [2.45, 2.75) is 19.2 Å². The SMILES string of the molecule is O=C(c1ccc(OC(F)(F)F)cc1)N1CCN(c2ccnc(N3CCCC3)n2)CC1. The van der Waals surface area contributed by atoms with Crippen molar-refractivity contribution in [1.82, 2.24) is 14.9 Å². The summed E-state index contributed by atoms with van der Waals surface area (Å²) in [7, 11) is 0. The van der Waals surface area contributed by atoms with Crippen molar-refractivity contribution in [3.8, 4) is 5.75 Å². The van der Waals surface area contributed by atoms with Crippen molar-refractivity contribution in [2.24, 2.45) is 0 Å². The number of rotatable bonds is 4. The number of nitrogens with zero attached hydrogens (tertiary/aromatic N) is 5. The minimum absolute atomic E-state index is 0.214. The number of carbonyl (C=O) groups is 1. The van der Waals surface area contributed by atoms with Gasteiger partial charge in [-0.15, -0.1) is 13.2 Å². The topological polar surface area (TPSA) is 61.8 Å². The van der Waals surface area contributed by atoms with Gasteiger partial charge in [0, 0.05) is 51.0 Å². The van der Waals surface area contributed by atoms with Crippen LogP contribution in [-0.4, -0.2) is 66.4 Å². The van der Waals surface area contributed by atoms with Gasteiger partial charge >= 0.3 is 6.36 Å². The molecule has 1 aromatic heterocycles. The predicted molar refractivity (Wildman–Crippen MR) is 105 cm³/mol. The molecule has 10 heteroatoms. The molecule has 2 aliphatic rings. The van der Waals surface area contributed by atoms with E-state index in [0.29, 0.717) is 31.7 Å². The highest BCUT2D eigenvalue weighted by molar-refractivity contribution is 5.94. The second-order valence-electron chi connectivity index (χ2n) is 7.26. The molecular formula is C20H22F3N5O2. The number of hydrogen-bond acceptors (Lipinski definition) is 6. The number of anilines is 2. The van der Waals surface area contributed by atoms with Crippen LogP contribution in [0.2, 0.25) is 0 Å². The Morgan fingerprint density at radius 3 is 2.20 bits per heavy atom. The first-order valence-corrected chi connectivity index (χ1v) is 9.87. The maximum atomic E-state index is 12.7. The standard InChI is InChI=1S/C20H22F3N5O2/c21-20(22,23)30-16-5-3-15(4-6-16)18(29)27-13-11-26(12-14-27)17-7-8-24-19(25-17)28-9-1-2-10-28/h3-8H,1-2,9-14H2. The molecule has 0 spiro atoms. The number of alkyl halides is 3. The summed E-state index contributed by atoms with van der Waals surface area (Å²) in [6, 6.07) is 6.87. The molecule has 2 aromatic rings. The molecule has 2 saturated heterocycles. The van der Waals surface area contributed by atoms with E-state index in [4.69, 9.17) is 0 Å². The molecule has 0 N–H and O–H groups in total. The number of carbonyl (C=O) groups excluding carboxylic acids is 1. The first-order chi connectivity index (χ1) is 14.4. The van der Waals surface area contributed by atoms with Crippen LogP contribution in [-0.2, 0) is 0 Å². The van der Waals surface area contributed by atoms with E-state index in [0.717, 1.165) is 49.8 Å². The largest absolute Gasteiger partial charge is 0.573 e. The second kappa shape index (κ2) is 8.37. The second-order valence-corrected chi connectivity index (χ2v) is 7.26. The van der Waals surface area contributed by atoms with Gasteiger partial charge < -0.3 is 19.4 Å². The van der Waals surface area contributed by atoms with Crippen LogP contribution in [0.1, 0.15) is 23.2 Å². The summed E-state index contributed by atoms with van der Waals surface area (Å²) in [5.74, 6) is 1.02. The van der Waals surface area contributed by atoms with Crippen LogP contribution in [0.15, 0.2) is 36.5 Å². The van der Waals surface area contributed by atoms with Gasteiger partial charge in [0.15, 0.2) is 0 Å². The molecule has 0 atom stereocenters. The van der Waals surface area contributed by atoms with Gasteiger partial charge in [0.1, 0.15) is 11.6 Å². The molecule has 7 nitrogen and oxygen atoms in total. The third-order valence-electron chi connectivity index (χ3n) is 5.24. The molecule has 0 radical (unpaired) electrons. The molecule has 30 heavy (non-hydrogen) atoms. The lowest BCUT2D eigenvalue weighted by molar-refractivity contribution is -0.274. The molecule has 1 amide bonds. The van der Waals surface area contributed by atoms with Gasteiger partial charge in [0.2, 0.25) is 5.95 Å². The minimum atomic E-state index is -4.75. The first-order valence-electron chi connectivity index (χ1n) is 9.87. The van der Waals surface area contributed by atoms with Gasteiger partial charge in [-0.05, 0) is 43.2 Å². The van der Waals surface area contributed by atoms with E-state index in [1.54, 1.807) is 11.1 Å². The number of hydrogen-bond donors (Lipinski definition) is 0. The molecule has 0 aliphatic carbocycles. The molecule has 2 aliphatic heterocycles. The lowest BCUT2D eigenvalue weighted by Gasteiger charge is -2.35. The summed E-state index contributed by atoms with van der Waals surface area (Å²) in [4.78, 5) is 27.7. The summed E-state index contributed by atoms with van der Waals surface area (Å²) in [5, 5.41) is 0. The molecule has 0 unspecified atom stereocenters. The molecule has 0 bridgehead atoms. The van der Waals surface area contributed by atoms with E-state index in [9.17, 15) is 18.0 Å². The Hall–Kier alpha value is -3.04. The van der Waals surface area contributed by atoms with Crippen LogP contribution in [0.5, 0.6) is 5.75 Å². The number of halogens is 3. The quantitative estimate of drug-likeness (QED) is 0.757. The Labute approximate surface area is 172 Å². The van der Waals surface area contributed by atoms with Crippen LogP contribution >= 0.6 is 0 Å². The first kappa shape index (κ1) is 20.2. The minimum Gasteiger partial charge on any atom is -0.406 e. The van der Waals surface area contributed by atoms with E-state index < -0.39 is 6.36 Å². The lowest BCUT2D eigenvalue weighted by Crippen LogP contribution is -2.49. The van der Waals surface area contributed by atoms with Gasteiger partial charge in [0.25, 0.3) is 5.91 Å². The zero-order valence-corrected chi connectivity index (χ0v) is 16.3. The van der Waals surface area contributed by atoms with Crippen molar-refractivity contribution in [2.75, 3.05) is 49.1 Å². The van der Waals surface area contributed by atoms with Gasteiger partial charge in [-0.2, -0.15) is 4.98 Å². The summed E-state index contributed by atoms with van der Waals surface area (Å²) in [6.07, 6.45) is -0.690. The average molecular weight is 421 g/mol. The fourth-order valence-electron chi connectivity index (χ4n) is 3.71. The van der Waals surface area contributed by atoms with Crippen LogP contribution in [0.4, 0.5) is 24.9 Å². The number of ether oxygens (including phenoxy) is 1. The van der Waals surface area contributed by atoms with Crippen molar-refractivity contribution in [1.29, 1.82) is 0 Å². The fourth-order valence-corrected chi connectivity index (χ4v) is 3.71. The summed E-state index contributed by atoms with van der Waals surface area (Å²) >= 11 is 0. The van der Waals surface area contributed by atoms with Gasteiger partial charge in [-0.1, -0.05) is 0 Å². The number of piperazine rings is 1. The van der Waals surface area contributed by atoms with Crippen molar-refractivity contribution < 1.29 is 22.7 Å². The third kappa shape index (κ3) is 4.74. The number of benzene rings is 1. The number of amides is 1. The zero-order valence-electron chi connectivity index (χ0n) is 16.3. The monoisotopic (exact) mass is 421 g/mol. The van der Waals surface area contributed by atoms with E-state index >= 15 is 0 Å². The molecule has 4 rings (SSSR count). The van der Waals surface area contributed by atoms with Crippen LogP contribution in [0.3, 0.4) is 0 Å². The average Bonchev–Trinajstić information content (AvgIpc) is 3.28. The third-order valence-corrected chi connectivity index (χ3v) is 5.24. The highest BCUT2D eigenvalue weighted by atomic mass is 19.4. The maximum absolute atomic E-state index is 12.7. The highest BCUT2D eigenvalue weighted by Gasteiger charge is 2.31. The predicted octanol–water partition coefficient (Wildman–Crippen LogP) is 2.94. The summed E-state index contributed by atoms with van der Waals surface area (Å²) < 4.78 is 40.6. The Morgan fingerprint density at radius 2 is 1.57 bits per heavy atom. The van der Waals surface area contributed by atoms with Crippen molar-refractivity contribution >= 4 is 17.7 Å². The Bertz CT molecular complexity index is 877. The van der Waals surface area contributed by atoms with Crippen LogP contribution in [0.25, 0.3) is 0 Å². The van der Waals surface area contributed by atoms with E-state index in [1.807, 2.05) is 6.07 Å². The Balaban J connectivity index is 1.35. The summed E-state index contributed by atoms with van der Waals surface area (Å²) in [6.45, 7) is 4.19. The highest BCUT2D eigenvalue weighted by Crippen LogP contribution is 2.24. The van der Waals surface area contributed by atoms with Gasteiger partial charge in [0.05, 0.1) is 0 Å².